The van der Waals surface area contributed by atoms with Crippen LogP contribution in [0.15, 0.2) is 36.5 Å². The molecule has 0 bridgehead atoms. The van der Waals surface area contributed by atoms with Crippen LogP contribution in [0.2, 0.25) is 0 Å². The van der Waals surface area contributed by atoms with E-state index in [1.165, 1.54) is 0 Å². The largest absolute Gasteiger partial charge is 0.493 e. The van der Waals surface area contributed by atoms with Crippen molar-refractivity contribution in [2.24, 2.45) is 0 Å². The van der Waals surface area contributed by atoms with Gasteiger partial charge in [-0.1, -0.05) is 13.0 Å². The van der Waals surface area contributed by atoms with E-state index in [0.29, 0.717) is 6.61 Å². The van der Waals surface area contributed by atoms with E-state index in [-0.39, 0.29) is 0 Å². The normalized spacial score (nSPS) is 11.3. The third-order valence-corrected chi connectivity index (χ3v) is 3.01. The van der Waals surface area contributed by atoms with Gasteiger partial charge in [0.1, 0.15) is 0 Å². The lowest BCUT2D eigenvalue weighted by Crippen LogP contribution is -1.97. The number of hydrogen-bond donors (Lipinski definition) is 0. The molecular weight excluding hydrogens is 264 g/mol. The predicted octanol–water partition coefficient (Wildman–Crippen LogP) is 3.83. The third-order valence-electron chi connectivity index (χ3n) is 3.01. The molecule has 21 heavy (non-hydrogen) atoms. The zero-order valence-electron chi connectivity index (χ0n) is 12.7. The molecule has 1 aromatic carbocycles. The summed E-state index contributed by atoms with van der Waals surface area (Å²) in [5.74, 6) is 1.51. The first-order chi connectivity index (χ1) is 10.2. The number of aromatic nitrogens is 2. The molecule has 2 aromatic rings. The summed E-state index contributed by atoms with van der Waals surface area (Å²) in [6, 6.07) is 9.72. The Kier molecular flexibility index (Phi) is 5.32. The van der Waals surface area contributed by atoms with Crippen LogP contribution in [-0.4, -0.2) is 23.9 Å². The Morgan fingerprint density at radius 2 is 2.10 bits per heavy atom. The van der Waals surface area contributed by atoms with Crippen molar-refractivity contribution in [1.29, 1.82) is 0 Å². The summed E-state index contributed by atoms with van der Waals surface area (Å²) >= 11 is 0. The van der Waals surface area contributed by atoms with Crippen molar-refractivity contribution in [3.63, 3.8) is 0 Å². The summed E-state index contributed by atoms with van der Waals surface area (Å²) in [6.45, 7) is 4.77. The van der Waals surface area contributed by atoms with Crippen molar-refractivity contribution in [3.8, 4) is 11.5 Å². The second-order valence-electron chi connectivity index (χ2n) is 4.70. The fourth-order valence-electron chi connectivity index (χ4n) is 1.94. The Hall–Kier alpha value is -2.36. The molecule has 0 N–H and O–H groups in total. The van der Waals surface area contributed by atoms with Crippen LogP contribution in [0.3, 0.4) is 0 Å². The van der Waals surface area contributed by atoms with Gasteiger partial charge >= 0.3 is 0 Å². The van der Waals surface area contributed by atoms with Gasteiger partial charge in [0.25, 0.3) is 0 Å². The zero-order chi connectivity index (χ0) is 15.1. The molecule has 4 heteroatoms. The first-order valence-corrected chi connectivity index (χ1v) is 7.01. The van der Waals surface area contributed by atoms with Gasteiger partial charge in [0.15, 0.2) is 11.5 Å². The van der Waals surface area contributed by atoms with Crippen molar-refractivity contribution in [3.05, 3.63) is 47.8 Å². The molecule has 0 unspecified atom stereocenters. The molecule has 0 radical (unpaired) electrons. The van der Waals surface area contributed by atoms with E-state index in [1.54, 1.807) is 13.3 Å². The molecule has 1 aromatic heterocycles. The highest BCUT2D eigenvalue weighted by molar-refractivity contribution is 5.79. The lowest BCUT2D eigenvalue weighted by molar-refractivity contribution is 0.294. The standard InChI is InChI=1S/C17H20N2O2/c1-4-10-21-16-8-7-14(12-17(16)20-3)11-13(2)15-6-5-9-18-19-15/h5-9,11-12H,4,10H2,1-3H3/b13-11+. The maximum atomic E-state index is 5.65. The van der Waals surface area contributed by atoms with Gasteiger partial charge in [-0.05, 0) is 54.8 Å². The van der Waals surface area contributed by atoms with Crippen LogP contribution in [0.5, 0.6) is 11.5 Å². The maximum absolute atomic E-state index is 5.65. The van der Waals surface area contributed by atoms with E-state index >= 15 is 0 Å². The highest BCUT2D eigenvalue weighted by Gasteiger charge is 2.05. The Labute approximate surface area is 125 Å². The van der Waals surface area contributed by atoms with Crippen LogP contribution in [0.25, 0.3) is 11.6 Å². The molecule has 4 nitrogen and oxygen atoms in total. The van der Waals surface area contributed by atoms with E-state index in [9.17, 15) is 0 Å². The molecule has 1 heterocycles. The molecule has 0 aliphatic heterocycles. The van der Waals surface area contributed by atoms with Gasteiger partial charge in [-0.15, -0.1) is 0 Å². The van der Waals surface area contributed by atoms with Gasteiger partial charge in [-0.3, -0.25) is 0 Å². The topological polar surface area (TPSA) is 44.2 Å². The fourth-order valence-corrected chi connectivity index (χ4v) is 1.94. The number of benzene rings is 1. The average Bonchev–Trinajstić information content (AvgIpc) is 2.54. The monoisotopic (exact) mass is 284 g/mol. The molecule has 0 saturated carbocycles. The molecular formula is C17H20N2O2. The molecule has 0 atom stereocenters. The number of ether oxygens (including phenoxy) is 2. The Morgan fingerprint density at radius 3 is 2.76 bits per heavy atom. The summed E-state index contributed by atoms with van der Waals surface area (Å²) in [5.41, 5.74) is 2.95. The number of nitrogens with zero attached hydrogens (tertiary/aromatic N) is 2. The summed E-state index contributed by atoms with van der Waals surface area (Å²) < 4.78 is 11.0. The maximum Gasteiger partial charge on any atom is 0.161 e. The summed E-state index contributed by atoms with van der Waals surface area (Å²) in [5, 5.41) is 7.99. The molecule has 2 rings (SSSR count). The quantitative estimate of drug-likeness (QED) is 0.808. The zero-order valence-corrected chi connectivity index (χ0v) is 12.7. The lowest BCUT2D eigenvalue weighted by Gasteiger charge is -2.10. The first kappa shape index (κ1) is 15.0. The summed E-state index contributed by atoms with van der Waals surface area (Å²) in [7, 11) is 1.65. The van der Waals surface area contributed by atoms with Gasteiger partial charge in [0.2, 0.25) is 0 Å². The minimum atomic E-state index is 0.685. The van der Waals surface area contributed by atoms with E-state index in [1.807, 2.05) is 37.3 Å². The second-order valence-corrected chi connectivity index (χ2v) is 4.70. The molecule has 0 amide bonds. The van der Waals surface area contributed by atoms with E-state index in [0.717, 1.165) is 34.8 Å². The van der Waals surface area contributed by atoms with E-state index < -0.39 is 0 Å². The number of allylic oxidation sites excluding steroid dienone is 1. The predicted molar refractivity (Wildman–Crippen MR) is 84.4 cm³/mol. The van der Waals surface area contributed by atoms with Crippen LogP contribution < -0.4 is 9.47 Å². The third kappa shape index (κ3) is 4.05. The minimum Gasteiger partial charge on any atom is -0.493 e. The molecule has 0 fully saturated rings. The summed E-state index contributed by atoms with van der Waals surface area (Å²) in [6.07, 6.45) is 4.69. The van der Waals surface area contributed by atoms with Gasteiger partial charge in [-0.25, -0.2) is 0 Å². The highest BCUT2D eigenvalue weighted by Crippen LogP contribution is 2.29. The number of methoxy groups -OCH3 is 1. The minimum absolute atomic E-state index is 0.685. The van der Waals surface area contributed by atoms with E-state index in [2.05, 4.69) is 23.2 Å². The number of hydrogen-bond acceptors (Lipinski definition) is 4. The lowest BCUT2D eigenvalue weighted by atomic mass is 10.1. The Morgan fingerprint density at radius 1 is 1.24 bits per heavy atom. The second kappa shape index (κ2) is 7.43. The first-order valence-electron chi connectivity index (χ1n) is 7.01. The smallest absolute Gasteiger partial charge is 0.161 e. The van der Waals surface area contributed by atoms with Crippen molar-refractivity contribution < 1.29 is 9.47 Å². The van der Waals surface area contributed by atoms with Crippen molar-refractivity contribution in [2.45, 2.75) is 20.3 Å². The van der Waals surface area contributed by atoms with Gasteiger partial charge in [-0.2, -0.15) is 10.2 Å². The fraction of sp³-hybridized carbons (Fsp3) is 0.294. The molecule has 0 aliphatic rings. The molecule has 0 spiro atoms. The van der Waals surface area contributed by atoms with Crippen molar-refractivity contribution in [1.82, 2.24) is 10.2 Å². The average molecular weight is 284 g/mol. The number of rotatable bonds is 6. The SMILES string of the molecule is CCCOc1ccc(/C=C(\C)c2cccnn2)cc1OC. The molecule has 110 valence electrons. The van der Waals surface area contributed by atoms with Gasteiger partial charge in [0.05, 0.1) is 19.4 Å². The molecule has 0 aliphatic carbocycles. The van der Waals surface area contributed by atoms with Crippen molar-refractivity contribution >= 4 is 11.6 Å². The Balaban J connectivity index is 2.24. The van der Waals surface area contributed by atoms with Crippen LogP contribution in [-0.2, 0) is 0 Å². The van der Waals surface area contributed by atoms with Crippen LogP contribution in [0.4, 0.5) is 0 Å². The van der Waals surface area contributed by atoms with Gasteiger partial charge < -0.3 is 9.47 Å². The Bertz CT molecular complexity index is 609. The van der Waals surface area contributed by atoms with Gasteiger partial charge in [0, 0.05) is 6.20 Å². The summed E-state index contributed by atoms with van der Waals surface area (Å²) in [4.78, 5) is 0. The van der Waals surface area contributed by atoms with Crippen molar-refractivity contribution in [2.75, 3.05) is 13.7 Å². The van der Waals surface area contributed by atoms with Crippen LogP contribution in [0, 0.1) is 0 Å². The highest BCUT2D eigenvalue weighted by atomic mass is 16.5. The van der Waals surface area contributed by atoms with Crippen LogP contribution in [0.1, 0.15) is 31.5 Å². The molecule has 0 saturated heterocycles. The van der Waals surface area contributed by atoms with Crippen LogP contribution >= 0.6 is 0 Å². The van der Waals surface area contributed by atoms with E-state index in [4.69, 9.17) is 9.47 Å².